The number of hydrazone groups is 1. The molecular weight excluding hydrogens is 252 g/mol. The molecule has 108 valence electrons. The second-order valence-corrected chi connectivity index (χ2v) is 6.52. The lowest BCUT2D eigenvalue weighted by atomic mass is 9.72. The van der Waals surface area contributed by atoms with Crippen LogP contribution in [0.5, 0.6) is 5.75 Å². The van der Waals surface area contributed by atoms with Crippen molar-refractivity contribution < 1.29 is 9.90 Å². The van der Waals surface area contributed by atoms with E-state index in [1.54, 1.807) is 12.1 Å². The quantitative estimate of drug-likeness (QED) is 0.813. The van der Waals surface area contributed by atoms with E-state index < -0.39 is 0 Å². The van der Waals surface area contributed by atoms with Crippen molar-refractivity contribution in [3.05, 3.63) is 29.8 Å². The molecule has 1 aliphatic carbocycles. The molecule has 1 amide bonds. The van der Waals surface area contributed by atoms with Crippen LogP contribution in [0.15, 0.2) is 29.4 Å². The first-order chi connectivity index (χ1) is 9.35. The fraction of sp³-hybridized carbons (Fsp3) is 0.500. The molecule has 1 fully saturated rings. The van der Waals surface area contributed by atoms with Crippen LogP contribution in [0.3, 0.4) is 0 Å². The predicted molar refractivity (Wildman–Crippen MR) is 79.8 cm³/mol. The minimum absolute atomic E-state index is 0.149. The van der Waals surface area contributed by atoms with Crippen molar-refractivity contribution in [2.75, 3.05) is 0 Å². The lowest BCUT2D eigenvalue weighted by Gasteiger charge is -2.34. The molecule has 1 atom stereocenters. The van der Waals surface area contributed by atoms with Crippen LogP contribution in [0.25, 0.3) is 0 Å². The van der Waals surface area contributed by atoms with Gasteiger partial charge < -0.3 is 5.11 Å². The number of phenolic OH excluding ortho intramolecular Hbond substituents is 1. The van der Waals surface area contributed by atoms with E-state index in [1.165, 1.54) is 18.6 Å². The summed E-state index contributed by atoms with van der Waals surface area (Å²) in [7, 11) is 0. The lowest BCUT2D eigenvalue weighted by Crippen LogP contribution is -2.30. The van der Waals surface area contributed by atoms with Crippen LogP contribution in [0.2, 0.25) is 0 Å². The number of amides is 1. The Labute approximate surface area is 119 Å². The van der Waals surface area contributed by atoms with Gasteiger partial charge in [-0.3, -0.25) is 4.79 Å². The Morgan fingerprint density at radius 2 is 2.00 bits per heavy atom. The molecule has 4 nitrogen and oxygen atoms in total. The molecule has 1 aliphatic rings. The van der Waals surface area contributed by atoms with Crippen molar-refractivity contribution in [3.8, 4) is 5.75 Å². The Morgan fingerprint density at radius 3 is 2.60 bits per heavy atom. The van der Waals surface area contributed by atoms with Crippen LogP contribution in [0, 0.1) is 11.3 Å². The van der Waals surface area contributed by atoms with E-state index in [1.807, 2.05) is 0 Å². The summed E-state index contributed by atoms with van der Waals surface area (Å²) in [5.41, 5.74) is 4.42. The van der Waals surface area contributed by atoms with Crippen LogP contribution in [0.4, 0.5) is 0 Å². The van der Waals surface area contributed by atoms with Crippen molar-refractivity contribution in [2.24, 2.45) is 16.4 Å². The van der Waals surface area contributed by atoms with Gasteiger partial charge in [-0.1, -0.05) is 20.8 Å². The van der Waals surface area contributed by atoms with Crippen molar-refractivity contribution in [3.63, 3.8) is 0 Å². The number of aromatic hydroxyl groups is 1. The smallest absolute Gasteiger partial charge is 0.271 e. The number of carbonyl (C=O) groups is 1. The van der Waals surface area contributed by atoms with E-state index in [9.17, 15) is 9.90 Å². The summed E-state index contributed by atoms with van der Waals surface area (Å²) in [6.45, 7) is 6.69. The van der Waals surface area contributed by atoms with Crippen LogP contribution in [-0.2, 0) is 0 Å². The van der Waals surface area contributed by atoms with Gasteiger partial charge in [-0.2, -0.15) is 5.10 Å². The topological polar surface area (TPSA) is 61.7 Å². The minimum atomic E-state index is -0.242. The first-order valence-electron chi connectivity index (χ1n) is 7.00. The number of hydrogen-bond donors (Lipinski definition) is 2. The highest BCUT2D eigenvalue weighted by atomic mass is 16.3. The molecule has 0 heterocycles. The van der Waals surface area contributed by atoms with Gasteiger partial charge in [0.1, 0.15) is 5.75 Å². The highest BCUT2D eigenvalue weighted by molar-refractivity contribution is 5.95. The Balaban J connectivity index is 2.01. The molecule has 0 spiro atoms. The maximum Gasteiger partial charge on any atom is 0.271 e. The lowest BCUT2D eigenvalue weighted by molar-refractivity contribution is 0.0954. The van der Waals surface area contributed by atoms with Gasteiger partial charge in [0.25, 0.3) is 5.91 Å². The van der Waals surface area contributed by atoms with Crippen LogP contribution in [0.1, 0.15) is 50.4 Å². The Kier molecular flexibility index (Phi) is 4.12. The summed E-state index contributed by atoms with van der Waals surface area (Å²) in [5.74, 6) is 0.507. The van der Waals surface area contributed by atoms with Gasteiger partial charge in [0.05, 0.1) is 0 Å². The molecule has 2 rings (SSSR count). The van der Waals surface area contributed by atoms with Crippen molar-refractivity contribution in [2.45, 2.75) is 40.0 Å². The molecule has 1 unspecified atom stereocenters. The van der Waals surface area contributed by atoms with Gasteiger partial charge in [0.15, 0.2) is 0 Å². The van der Waals surface area contributed by atoms with E-state index in [0.29, 0.717) is 11.5 Å². The second-order valence-electron chi connectivity index (χ2n) is 6.52. The van der Waals surface area contributed by atoms with E-state index >= 15 is 0 Å². The number of carbonyl (C=O) groups excluding carboxylic acids is 1. The van der Waals surface area contributed by atoms with Crippen LogP contribution < -0.4 is 5.43 Å². The van der Waals surface area contributed by atoms with Gasteiger partial charge in [-0.15, -0.1) is 0 Å². The van der Waals surface area contributed by atoms with E-state index in [4.69, 9.17) is 0 Å². The number of phenols is 1. The molecule has 4 heteroatoms. The molecule has 1 aromatic rings. The molecule has 0 saturated heterocycles. The minimum Gasteiger partial charge on any atom is -0.508 e. The standard InChI is InChI=1S/C16H22N2O2/c1-11-8-13(10-16(2,3)9-11)17-18-15(20)12-4-6-14(19)7-5-12/h4-7,11,19H,8-10H2,1-3H3,(H,18,20). The zero-order chi connectivity index (χ0) is 14.8. The van der Waals surface area contributed by atoms with Gasteiger partial charge in [-0.05, 0) is 54.9 Å². The summed E-state index contributed by atoms with van der Waals surface area (Å²) < 4.78 is 0. The number of benzene rings is 1. The molecule has 1 aromatic carbocycles. The van der Waals surface area contributed by atoms with Crippen molar-refractivity contribution in [1.82, 2.24) is 5.43 Å². The fourth-order valence-electron chi connectivity index (χ4n) is 3.01. The Morgan fingerprint density at radius 1 is 1.35 bits per heavy atom. The van der Waals surface area contributed by atoms with Gasteiger partial charge in [0.2, 0.25) is 0 Å². The highest BCUT2D eigenvalue weighted by Gasteiger charge is 2.29. The maximum absolute atomic E-state index is 11.9. The third kappa shape index (κ3) is 3.83. The molecule has 2 N–H and O–H groups in total. The monoisotopic (exact) mass is 274 g/mol. The van der Waals surface area contributed by atoms with Crippen LogP contribution >= 0.6 is 0 Å². The third-order valence-corrected chi connectivity index (χ3v) is 3.61. The van der Waals surface area contributed by atoms with Crippen molar-refractivity contribution in [1.29, 1.82) is 0 Å². The number of rotatable bonds is 2. The highest BCUT2D eigenvalue weighted by Crippen LogP contribution is 2.36. The fourth-order valence-corrected chi connectivity index (χ4v) is 3.01. The Bertz CT molecular complexity index is 518. The summed E-state index contributed by atoms with van der Waals surface area (Å²) in [6.07, 6.45) is 3.06. The SMILES string of the molecule is CC1CC(=NNC(=O)c2ccc(O)cc2)CC(C)(C)C1. The first kappa shape index (κ1) is 14.6. The zero-order valence-electron chi connectivity index (χ0n) is 12.3. The molecule has 0 aliphatic heterocycles. The summed E-state index contributed by atoms with van der Waals surface area (Å²) in [4.78, 5) is 11.9. The van der Waals surface area contributed by atoms with Gasteiger partial charge in [0, 0.05) is 11.3 Å². The van der Waals surface area contributed by atoms with Gasteiger partial charge in [-0.25, -0.2) is 5.43 Å². The van der Waals surface area contributed by atoms with E-state index in [2.05, 4.69) is 31.3 Å². The molecule has 1 saturated carbocycles. The second kappa shape index (κ2) is 5.65. The molecule has 0 bridgehead atoms. The summed E-state index contributed by atoms with van der Waals surface area (Å²) >= 11 is 0. The number of nitrogens with zero attached hydrogens (tertiary/aromatic N) is 1. The molecule has 0 aromatic heterocycles. The maximum atomic E-state index is 11.9. The van der Waals surface area contributed by atoms with E-state index in [0.717, 1.165) is 18.6 Å². The average Bonchev–Trinajstić information content (AvgIpc) is 2.34. The third-order valence-electron chi connectivity index (χ3n) is 3.61. The number of hydrogen-bond acceptors (Lipinski definition) is 3. The predicted octanol–water partition coefficient (Wildman–Crippen LogP) is 3.32. The van der Waals surface area contributed by atoms with Crippen molar-refractivity contribution >= 4 is 11.6 Å². The molecular formula is C16H22N2O2. The Hall–Kier alpha value is -1.84. The largest absolute Gasteiger partial charge is 0.508 e. The molecule has 0 radical (unpaired) electrons. The van der Waals surface area contributed by atoms with Crippen LogP contribution in [-0.4, -0.2) is 16.7 Å². The molecule has 20 heavy (non-hydrogen) atoms. The summed E-state index contributed by atoms with van der Waals surface area (Å²) in [6, 6.07) is 6.15. The normalized spacial score (nSPS) is 23.6. The van der Waals surface area contributed by atoms with Gasteiger partial charge >= 0.3 is 0 Å². The average molecular weight is 274 g/mol. The first-order valence-corrected chi connectivity index (χ1v) is 7.00. The number of nitrogens with one attached hydrogen (secondary N) is 1. The zero-order valence-corrected chi connectivity index (χ0v) is 12.3. The summed E-state index contributed by atoms with van der Waals surface area (Å²) in [5, 5.41) is 13.5. The van der Waals surface area contributed by atoms with E-state index in [-0.39, 0.29) is 17.1 Å².